The molecule has 0 bridgehead atoms. The number of furan rings is 1. The van der Waals surface area contributed by atoms with E-state index in [0.29, 0.717) is 16.3 Å². The molecule has 9 aromatic carbocycles. The molecule has 10 heteroatoms. The zero-order chi connectivity index (χ0) is 40.1. The molecular weight excluding hydrogens is 737 g/mol. The van der Waals surface area contributed by atoms with Crippen molar-refractivity contribution < 1.29 is 50.4 Å². The molecule has 1 heterocycles. The van der Waals surface area contributed by atoms with Crippen molar-refractivity contribution >= 4 is 54.3 Å². The Labute approximate surface area is 327 Å². The van der Waals surface area contributed by atoms with Gasteiger partial charge in [0.15, 0.2) is 45.7 Å². The molecule has 0 unspecified atom stereocenters. The van der Waals surface area contributed by atoms with Crippen LogP contribution in [0.3, 0.4) is 0 Å². The molecule has 0 aliphatic carbocycles. The molecule has 0 spiro atoms. The molecule has 1 aromatic heterocycles. The van der Waals surface area contributed by atoms with E-state index >= 15 is 0 Å². The van der Waals surface area contributed by atoms with E-state index < -0.39 is 84.5 Å². The molecule has 0 saturated carbocycles. The molecule has 0 saturated heterocycles. The summed E-state index contributed by atoms with van der Waals surface area (Å²) in [6.45, 7) is 0. The van der Waals surface area contributed by atoms with Crippen molar-refractivity contribution in [3.63, 3.8) is 0 Å². The number of hydrogen-bond acceptors (Lipinski definition) is 10. The number of phenolic OH excluding ortho intramolecular Hbond substituents is 9. The summed E-state index contributed by atoms with van der Waals surface area (Å²) in [5.74, 6) is -8.64. The lowest BCUT2D eigenvalue weighted by atomic mass is 9.83. The fourth-order valence-electron chi connectivity index (χ4n) is 8.45. The number of benzene rings is 9. The molecule has 0 aliphatic heterocycles. The zero-order valence-corrected chi connectivity index (χ0v) is 30.1. The Balaban J connectivity index is 1.29. The van der Waals surface area contributed by atoms with Gasteiger partial charge in [-0.05, 0) is 61.0 Å². The number of hydrogen-bond donors (Lipinski definition) is 9. The lowest BCUT2D eigenvalue weighted by Gasteiger charge is -2.20. The maximum absolute atomic E-state index is 12.1. The first-order chi connectivity index (χ1) is 28.1. The minimum atomic E-state index is -1.19. The molecule has 0 aliphatic rings. The van der Waals surface area contributed by atoms with E-state index in [1.54, 1.807) is 0 Å². The Morgan fingerprint density at radius 3 is 1.26 bits per heavy atom. The topological polar surface area (TPSA) is 195 Å². The highest BCUT2D eigenvalue weighted by Crippen LogP contribution is 2.62. The van der Waals surface area contributed by atoms with Crippen LogP contribution in [0.2, 0.25) is 0 Å². The maximum Gasteiger partial charge on any atom is 0.205 e. The van der Waals surface area contributed by atoms with Gasteiger partial charge in [0.05, 0.1) is 27.1 Å². The normalized spacial score (nSPS) is 11.7. The zero-order valence-electron chi connectivity index (χ0n) is 30.1. The first-order valence-electron chi connectivity index (χ1n) is 18.1. The molecule has 9 N–H and O–H groups in total. The third kappa shape index (κ3) is 4.59. The van der Waals surface area contributed by atoms with Crippen LogP contribution in [0.15, 0.2) is 132 Å². The highest BCUT2D eigenvalue weighted by atomic mass is 16.4. The van der Waals surface area contributed by atoms with Gasteiger partial charge < -0.3 is 50.4 Å². The van der Waals surface area contributed by atoms with Crippen molar-refractivity contribution in [2.24, 2.45) is 0 Å². The fraction of sp³-hybridized carbons (Fsp3) is 0. The summed E-state index contributed by atoms with van der Waals surface area (Å²) in [5.41, 5.74) is 5.04. The van der Waals surface area contributed by atoms with Gasteiger partial charge in [0.2, 0.25) is 11.5 Å². The Morgan fingerprint density at radius 1 is 0.276 bits per heavy atom. The van der Waals surface area contributed by atoms with Crippen LogP contribution in [-0.4, -0.2) is 46.0 Å². The fourth-order valence-corrected chi connectivity index (χ4v) is 8.45. The van der Waals surface area contributed by atoms with Crippen LogP contribution in [0.5, 0.6) is 51.7 Å². The van der Waals surface area contributed by atoms with Crippen LogP contribution < -0.4 is 0 Å². The second-order valence-corrected chi connectivity index (χ2v) is 14.1. The molecule has 10 aromatic rings. The summed E-state index contributed by atoms with van der Waals surface area (Å²) in [6, 6.07) is 41.5. The standard InChI is InChI=1S/C48H30O10/c49-38-34-35(41(52)46(57)45(56)40(34)51)44(55)47-36(38)37-42(53)39(50)33(43(54)48(37)58-47)32-28-17-9-7-15-26(28)31(27-16-8-10-18-29(27)32)24-19-20-25(22-11-3-1-4-12-22)30(21-24)23-13-5-2-6-14-23/h1-21,49-57H. The molecule has 0 atom stereocenters. The number of phenols is 9. The van der Waals surface area contributed by atoms with Crippen molar-refractivity contribution in [2.75, 3.05) is 0 Å². The van der Waals surface area contributed by atoms with E-state index in [2.05, 4.69) is 42.5 Å². The number of aromatic hydroxyl groups is 9. The molecule has 0 fully saturated rings. The van der Waals surface area contributed by atoms with Gasteiger partial charge in [-0.2, -0.15) is 0 Å². The minimum absolute atomic E-state index is 0.211. The van der Waals surface area contributed by atoms with Gasteiger partial charge in [0, 0.05) is 5.56 Å². The predicted octanol–water partition coefficient (Wildman–Crippen LogP) is 11.1. The highest BCUT2D eigenvalue weighted by molar-refractivity contribution is 6.27. The molecule has 0 amide bonds. The number of rotatable bonds is 4. The van der Waals surface area contributed by atoms with Gasteiger partial charge in [0.25, 0.3) is 0 Å². The average Bonchev–Trinajstić information content (AvgIpc) is 3.68. The van der Waals surface area contributed by atoms with Crippen LogP contribution in [0.25, 0.3) is 98.8 Å². The monoisotopic (exact) mass is 766 g/mol. The molecule has 58 heavy (non-hydrogen) atoms. The van der Waals surface area contributed by atoms with E-state index in [1.807, 2.05) is 84.9 Å². The summed E-state index contributed by atoms with van der Waals surface area (Å²) in [6.07, 6.45) is 0. The van der Waals surface area contributed by atoms with Crippen LogP contribution in [0.4, 0.5) is 0 Å². The van der Waals surface area contributed by atoms with Gasteiger partial charge in [-0.15, -0.1) is 0 Å². The summed E-state index contributed by atoms with van der Waals surface area (Å²) < 4.78 is 5.92. The summed E-state index contributed by atoms with van der Waals surface area (Å²) >= 11 is 0. The van der Waals surface area contributed by atoms with Gasteiger partial charge in [-0.1, -0.05) is 121 Å². The Morgan fingerprint density at radius 2 is 0.707 bits per heavy atom. The van der Waals surface area contributed by atoms with E-state index in [-0.39, 0.29) is 5.56 Å². The van der Waals surface area contributed by atoms with Crippen molar-refractivity contribution in [2.45, 2.75) is 0 Å². The molecule has 10 rings (SSSR count). The second-order valence-electron chi connectivity index (χ2n) is 14.1. The summed E-state index contributed by atoms with van der Waals surface area (Å²) in [4.78, 5) is 0. The quantitative estimate of drug-likeness (QED) is 0.0472. The van der Waals surface area contributed by atoms with Crippen molar-refractivity contribution in [3.8, 4) is 96.3 Å². The predicted molar refractivity (Wildman–Crippen MR) is 223 cm³/mol. The largest absolute Gasteiger partial charge is 0.506 e. The first kappa shape index (κ1) is 34.3. The van der Waals surface area contributed by atoms with Gasteiger partial charge in [-0.3, -0.25) is 0 Å². The summed E-state index contributed by atoms with van der Waals surface area (Å²) in [5, 5.41) is 101. The molecular formula is C48H30O10. The number of fused-ring (bicyclic) bond motifs is 6. The third-order valence-electron chi connectivity index (χ3n) is 11.0. The van der Waals surface area contributed by atoms with E-state index in [1.165, 1.54) is 0 Å². The Kier molecular flexibility index (Phi) is 7.32. The van der Waals surface area contributed by atoms with Crippen molar-refractivity contribution in [1.29, 1.82) is 0 Å². The SMILES string of the molecule is Oc1c(O)c(O)c2c(O)c3c(oc4c(O)c(-c5c6ccccc6c(-c6ccc(-c7ccccc7)c(-c7ccccc7)c6)c6ccccc56)c(O)c(O)c43)c(O)c2c1O. The van der Waals surface area contributed by atoms with E-state index in [0.717, 1.165) is 44.2 Å². The van der Waals surface area contributed by atoms with Crippen molar-refractivity contribution in [1.82, 2.24) is 0 Å². The van der Waals surface area contributed by atoms with Gasteiger partial charge in [-0.25, -0.2) is 0 Å². The maximum atomic E-state index is 12.1. The van der Waals surface area contributed by atoms with Crippen LogP contribution in [0, 0.1) is 0 Å². The summed E-state index contributed by atoms with van der Waals surface area (Å²) in [7, 11) is 0. The van der Waals surface area contributed by atoms with E-state index in [9.17, 15) is 46.0 Å². The lowest BCUT2D eigenvalue weighted by Crippen LogP contribution is -1.93. The van der Waals surface area contributed by atoms with E-state index in [4.69, 9.17) is 4.42 Å². The molecule has 0 radical (unpaired) electrons. The van der Waals surface area contributed by atoms with Crippen molar-refractivity contribution in [3.05, 3.63) is 127 Å². The van der Waals surface area contributed by atoms with Crippen LogP contribution in [0.1, 0.15) is 0 Å². The van der Waals surface area contributed by atoms with Gasteiger partial charge in [0.1, 0.15) is 5.75 Å². The second kappa shape index (κ2) is 12.4. The average molecular weight is 767 g/mol. The lowest BCUT2D eigenvalue weighted by molar-refractivity contribution is 0.349. The van der Waals surface area contributed by atoms with Crippen LogP contribution >= 0.6 is 0 Å². The Bertz CT molecular complexity index is 3310. The third-order valence-corrected chi connectivity index (χ3v) is 11.0. The smallest absolute Gasteiger partial charge is 0.205 e. The molecule has 282 valence electrons. The minimum Gasteiger partial charge on any atom is -0.506 e. The van der Waals surface area contributed by atoms with Crippen LogP contribution in [-0.2, 0) is 0 Å². The first-order valence-corrected chi connectivity index (χ1v) is 18.1. The highest BCUT2D eigenvalue weighted by Gasteiger charge is 2.33. The van der Waals surface area contributed by atoms with Gasteiger partial charge >= 0.3 is 0 Å². The molecule has 10 nitrogen and oxygen atoms in total. The Hall–Kier alpha value is -8.24.